The van der Waals surface area contributed by atoms with Crippen molar-refractivity contribution < 1.29 is 23.8 Å². The third-order valence-corrected chi connectivity index (χ3v) is 4.22. The van der Waals surface area contributed by atoms with E-state index in [1.807, 2.05) is 30.5 Å². The van der Waals surface area contributed by atoms with Crippen molar-refractivity contribution in [1.82, 2.24) is 0 Å². The number of carbonyl (C=O) groups excluding carboxylic acids is 2. The van der Waals surface area contributed by atoms with Gasteiger partial charge in [0, 0.05) is 10.5 Å². The first-order valence-electron chi connectivity index (χ1n) is 7.64. The molecule has 0 bridgehead atoms. The van der Waals surface area contributed by atoms with Crippen molar-refractivity contribution in [3.63, 3.8) is 0 Å². The van der Waals surface area contributed by atoms with Gasteiger partial charge in [-0.15, -0.1) is 11.8 Å². The van der Waals surface area contributed by atoms with Crippen LogP contribution in [-0.4, -0.2) is 31.7 Å². The molecule has 0 fully saturated rings. The maximum Gasteiger partial charge on any atom is 0.344 e. The zero-order chi connectivity index (χ0) is 18.2. The molecule has 0 saturated carbocycles. The lowest BCUT2D eigenvalue weighted by atomic mass is 10.1. The zero-order valence-corrected chi connectivity index (χ0v) is 15.2. The summed E-state index contributed by atoms with van der Waals surface area (Å²) >= 11 is 1.65. The van der Waals surface area contributed by atoms with Gasteiger partial charge in [-0.05, 0) is 49.1 Å². The zero-order valence-electron chi connectivity index (χ0n) is 14.4. The number of ketones is 1. The smallest absolute Gasteiger partial charge is 0.344 e. The van der Waals surface area contributed by atoms with Crippen molar-refractivity contribution in [2.45, 2.75) is 18.4 Å². The Morgan fingerprint density at radius 2 is 1.76 bits per heavy atom. The quantitative estimate of drug-likeness (QED) is 0.406. The van der Waals surface area contributed by atoms with Crippen LogP contribution in [-0.2, 0) is 16.1 Å². The SMILES string of the molecule is COc1cc(C(C)=O)ccc1OCC(=O)OCc1ccc(SC)cc1. The van der Waals surface area contributed by atoms with Gasteiger partial charge < -0.3 is 14.2 Å². The van der Waals surface area contributed by atoms with Crippen LogP contribution in [0.5, 0.6) is 11.5 Å². The molecule has 0 spiro atoms. The van der Waals surface area contributed by atoms with Gasteiger partial charge in [-0.25, -0.2) is 4.79 Å². The van der Waals surface area contributed by atoms with E-state index in [-0.39, 0.29) is 19.0 Å². The molecule has 0 heterocycles. The average molecular weight is 360 g/mol. The summed E-state index contributed by atoms with van der Waals surface area (Å²) in [6, 6.07) is 12.6. The molecular formula is C19H20O5S. The molecule has 0 amide bonds. The Labute approximate surface area is 151 Å². The van der Waals surface area contributed by atoms with E-state index in [9.17, 15) is 9.59 Å². The minimum Gasteiger partial charge on any atom is -0.493 e. The summed E-state index contributed by atoms with van der Waals surface area (Å²) in [5.41, 5.74) is 1.43. The van der Waals surface area contributed by atoms with Crippen molar-refractivity contribution in [2.24, 2.45) is 0 Å². The number of hydrogen-bond acceptors (Lipinski definition) is 6. The van der Waals surface area contributed by atoms with Gasteiger partial charge in [0.2, 0.25) is 0 Å². The van der Waals surface area contributed by atoms with E-state index in [1.54, 1.807) is 30.0 Å². The summed E-state index contributed by atoms with van der Waals surface area (Å²) in [7, 11) is 1.47. The molecule has 25 heavy (non-hydrogen) atoms. The molecule has 2 rings (SSSR count). The second-order valence-corrected chi connectivity index (χ2v) is 6.10. The lowest BCUT2D eigenvalue weighted by Crippen LogP contribution is -2.15. The molecule has 0 aliphatic heterocycles. The predicted molar refractivity (Wildman–Crippen MR) is 96.5 cm³/mol. The van der Waals surface area contributed by atoms with Gasteiger partial charge in [-0.3, -0.25) is 4.79 Å². The highest BCUT2D eigenvalue weighted by atomic mass is 32.2. The molecule has 0 saturated heterocycles. The summed E-state index contributed by atoms with van der Waals surface area (Å²) in [6.45, 7) is 1.42. The summed E-state index contributed by atoms with van der Waals surface area (Å²) in [6.07, 6.45) is 2.00. The fraction of sp³-hybridized carbons (Fsp3) is 0.263. The Kier molecular flexibility index (Phi) is 6.89. The summed E-state index contributed by atoms with van der Waals surface area (Å²) in [4.78, 5) is 24.4. The number of ether oxygens (including phenoxy) is 3. The molecule has 0 aliphatic rings. The number of benzene rings is 2. The van der Waals surface area contributed by atoms with Crippen LogP contribution < -0.4 is 9.47 Å². The van der Waals surface area contributed by atoms with E-state index in [2.05, 4.69) is 0 Å². The molecule has 5 nitrogen and oxygen atoms in total. The van der Waals surface area contributed by atoms with E-state index < -0.39 is 5.97 Å². The Morgan fingerprint density at radius 3 is 2.36 bits per heavy atom. The number of rotatable bonds is 8. The Balaban J connectivity index is 1.87. The first-order valence-corrected chi connectivity index (χ1v) is 8.86. The van der Waals surface area contributed by atoms with Crippen LogP contribution in [0.4, 0.5) is 0 Å². The predicted octanol–water partition coefficient (Wildman–Crippen LogP) is 3.74. The van der Waals surface area contributed by atoms with Gasteiger partial charge in [0.05, 0.1) is 7.11 Å². The van der Waals surface area contributed by atoms with Crippen molar-refractivity contribution in [3.05, 3.63) is 53.6 Å². The highest BCUT2D eigenvalue weighted by molar-refractivity contribution is 7.98. The lowest BCUT2D eigenvalue weighted by molar-refractivity contribution is -0.147. The number of Topliss-reactive ketones (excluding diaryl/α,β-unsaturated/α-hetero) is 1. The molecule has 6 heteroatoms. The van der Waals surface area contributed by atoms with Crippen LogP contribution >= 0.6 is 11.8 Å². The summed E-state index contributed by atoms with van der Waals surface area (Å²) in [5.74, 6) is 0.227. The van der Waals surface area contributed by atoms with Gasteiger partial charge in [0.25, 0.3) is 0 Å². The Morgan fingerprint density at radius 1 is 1.04 bits per heavy atom. The number of methoxy groups -OCH3 is 1. The van der Waals surface area contributed by atoms with Crippen molar-refractivity contribution in [3.8, 4) is 11.5 Å². The Bertz CT molecular complexity index is 740. The van der Waals surface area contributed by atoms with E-state index in [0.29, 0.717) is 17.1 Å². The summed E-state index contributed by atoms with van der Waals surface area (Å²) < 4.78 is 15.8. The number of thioether (sulfide) groups is 1. The topological polar surface area (TPSA) is 61.8 Å². The minimum absolute atomic E-state index is 0.0725. The van der Waals surface area contributed by atoms with Crippen molar-refractivity contribution in [1.29, 1.82) is 0 Å². The lowest BCUT2D eigenvalue weighted by Gasteiger charge is -2.11. The second kappa shape index (κ2) is 9.13. The van der Waals surface area contributed by atoms with Crippen LogP contribution in [0.3, 0.4) is 0 Å². The molecule has 2 aromatic rings. The van der Waals surface area contributed by atoms with E-state index in [1.165, 1.54) is 14.0 Å². The van der Waals surface area contributed by atoms with Crippen molar-refractivity contribution >= 4 is 23.5 Å². The normalized spacial score (nSPS) is 10.2. The van der Waals surface area contributed by atoms with Gasteiger partial charge in [0.1, 0.15) is 6.61 Å². The van der Waals surface area contributed by atoms with Crippen LogP contribution in [0, 0.1) is 0 Å². The number of esters is 1. The molecule has 0 N–H and O–H groups in total. The number of carbonyl (C=O) groups is 2. The highest BCUT2D eigenvalue weighted by Gasteiger charge is 2.11. The Hall–Kier alpha value is -2.47. The standard InChI is InChI=1S/C19H20O5S/c1-13(20)15-6-9-17(18(10-15)22-2)23-12-19(21)24-11-14-4-7-16(25-3)8-5-14/h4-10H,11-12H2,1-3H3. The maximum atomic E-state index is 11.8. The maximum absolute atomic E-state index is 11.8. The third-order valence-electron chi connectivity index (χ3n) is 3.47. The molecule has 2 aromatic carbocycles. The average Bonchev–Trinajstić information content (AvgIpc) is 2.64. The van der Waals surface area contributed by atoms with E-state index >= 15 is 0 Å². The molecule has 0 unspecified atom stereocenters. The molecular weight excluding hydrogens is 340 g/mol. The van der Waals surface area contributed by atoms with Crippen LogP contribution in [0.1, 0.15) is 22.8 Å². The van der Waals surface area contributed by atoms with E-state index in [0.717, 1.165) is 10.5 Å². The molecule has 0 aliphatic carbocycles. The van der Waals surface area contributed by atoms with Crippen LogP contribution in [0.15, 0.2) is 47.4 Å². The summed E-state index contributed by atoms with van der Waals surface area (Å²) in [5, 5.41) is 0. The third kappa shape index (κ3) is 5.53. The first-order chi connectivity index (χ1) is 12.0. The molecule has 0 aromatic heterocycles. The molecule has 0 radical (unpaired) electrons. The largest absolute Gasteiger partial charge is 0.493 e. The molecule has 0 atom stereocenters. The monoisotopic (exact) mass is 360 g/mol. The number of hydrogen-bond donors (Lipinski definition) is 0. The van der Waals surface area contributed by atoms with Gasteiger partial charge >= 0.3 is 5.97 Å². The fourth-order valence-electron chi connectivity index (χ4n) is 2.07. The fourth-order valence-corrected chi connectivity index (χ4v) is 2.48. The van der Waals surface area contributed by atoms with Gasteiger partial charge in [-0.1, -0.05) is 12.1 Å². The van der Waals surface area contributed by atoms with Gasteiger partial charge in [0.15, 0.2) is 23.9 Å². The van der Waals surface area contributed by atoms with Crippen LogP contribution in [0.2, 0.25) is 0 Å². The van der Waals surface area contributed by atoms with E-state index in [4.69, 9.17) is 14.2 Å². The second-order valence-electron chi connectivity index (χ2n) is 5.22. The highest BCUT2D eigenvalue weighted by Crippen LogP contribution is 2.28. The van der Waals surface area contributed by atoms with Gasteiger partial charge in [-0.2, -0.15) is 0 Å². The van der Waals surface area contributed by atoms with Crippen LogP contribution in [0.25, 0.3) is 0 Å². The minimum atomic E-state index is -0.480. The first kappa shape index (κ1) is 18.9. The van der Waals surface area contributed by atoms with Crippen molar-refractivity contribution in [2.75, 3.05) is 20.0 Å². The molecule has 132 valence electrons.